The minimum absolute atomic E-state index is 0.0696. The monoisotopic (exact) mass is 281 g/mol. The molecule has 1 aliphatic heterocycles. The lowest BCUT2D eigenvalue weighted by atomic mass is 9.76. The van der Waals surface area contributed by atoms with E-state index in [9.17, 15) is 4.79 Å². The van der Waals surface area contributed by atoms with Crippen molar-refractivity contribution in [3.63, 3.8) is 0 Å². The molecule has 0 bridgehead atoms. The van der Waals surface area contributed by atoms with Gasteiger partial charge in [0.15, 0.2) is 0 Å². The van der Waals surface area contributed by atoms with Gasteiger partial charge >= 0.3 is 0 Å². The Bertz CT molecular complexity index is 683. The van der Waals surface area contributed by atoms with Crippen molar-refractivity contribution in [2.24, 2.45) is 17.6 Å². The minimum Gasteiger partial charge on any atom is -0.369 e. The molecule has 1 amide bonds. The molecular weight excluding hydrogens is 262 g/mol. The molecule has 4 nitrogen and oxygen atoms in total. The van der Waals surface area contributed by atoms with Crippen LogP contribution in [0, 0.1) is 11.8 Å². The maximum absolute atomic E-state index is 11.3. The van der Waals surface area contributed by atoms with E-state index in [1.807, 2.05) is 12.5 Å². The fraction of sp³-hybridized carbons (Fsp3) is 0.412. The largest absolute Gasteiger partial charge is 0.369 e. The smallest absolute Gasteiger partial charge is 0.220 e. The van der Waals surface area contributed by atoms with Crippen molar-refractivity contribution in [1.29, 1.82) is 0 Å². The quantitative estimate of drug-likeness (QED) is 0.920. The van der Waals surface area contributed by atoms with Crippen LogP contribution >= 0.6 is 0 Å². The van der Waals surface area contributed by atoms with E-state index in [1.54, 1.807) is 0 Å². The highest BCUT2D eigenvalue weighted by molar-refractivity contribution is 5.76. The van der Waals surface area contributed by atoms with Gasteiger partial charge in [-0.15, -0.1) is 0 Å². The molecule has 108 valence electrons. The summed E-state index contributed by atoms with van der Waals surface area (Å²) < 4.78 is 2.31. The SMILES string of the molecule is NC(=O)C1CCC([C@@H]2c3ccccc3-c3cncn32)CC1. The van der Waals surface area contributed by atoms with Crippen LogP contribution in [0.15, 0.2) is 36.8 Å². The average molecular weight is 281 g/mol. The molecule has 1 aromatic carbocycles. The van der Waals surface area contributed by atoms with Gasteiger partial charge in [-0.3, -0.25) is 4.79 Å². The molecule has 1 fully saturated rings. The van der Waals surface area contributed by atoms with E-state index in [0.29, 0.717) is 12.0 Å². The van der Waals surface area contributed by atoms with Crippen LogP contribution in [-0.2, 0) is 4.79 Å². The molecule has 2 aliphatic rings. The van der Waals surface area contributed by atoms with Crippen molar-refractivity contribution < 1.29 is 4.79 Å². The van der Waals surface area contributed by atoms with Crippen molar-refractivity contribution in [2.75, 3.05) is 0 Å². The number of primary amides is 1. The van der Waals surface area contributed by atoms with Crippen LogP contribution in [0.25, 0.3) is 11.3 Å². The molecule has 0 saturated heterocycles. The first kappa shape index (κ1) is 12.6. The summed E-state index contributed by atoms with van der Waals surface area (Å²) in [6, 6.07) is 8.97. The zero-order valence-electron chi connectivity index (χ0n) is 11.9. The van der Waals surface area contributed by atoms with Crippen LogP contribution in [0.1, 0.15) is 37.3 Å². The Morgan fingerprint density at radius 3 is 2.71 bits per heavy atom. The summed E-state index contributed by atoms with van der Waals surface area (Å²) in [6.07, 6.45) is 7.86. The van der Waals surface area contributed by atoms with Crippen molar-refractivity contribution in [1.82, 2.24) is 9.55 Å². The predicted molar refractivity (Wildman–Crippen MR) is 80.4 cm³/mol. The number of imidazole rings is 1. The van der Waals surface area contributed by atoms with Crippen LogP contribution in [0.4, 0.5) is 0 Å². The normalized spacial score (nSPS) is 27.1. The summed E-state index contributed by atoms with van der Waals surface area (Å²) in [4.78, 5) is 15.7. The van der Waals surface area contributed by atoms with Gasteiger partial charge in [-0.05, 0) is 37.2 Å². The number of aromatic nitrogens is 2. The zero-order valence-corrected chi connectivity index (χ0v) is 11.9. The number of benzene rings is 1. The van der Waals surface area contributed by atoms with Crippen LogP contribution in [0.3, 0.4) is 0 Å². The Labute approximate surface area is 124 Å². The molecule has 2 aromatic rings. The fourth-order valence-corrected chi connectivity index (χ4v) is 4.07. The Balaban J connectivity index is 1.66. The number of carbonyl (C=O) groups is 1. The van der Waals surface area contributed by atoms with Gasteiger partial charge in [0, 0.05) is 11.5 Å². The van der Waals surface area contributed by atoms with Gasteiger partial charge in [-0.2, -0.15) is 0 Å². The number of nitrogens with two attached hydrogens (primary N) is 1. The van der Waals surface area contributed by atoms with E-state index < -0.39 is 0 Å². The highest BCUT2D eigenvalue weighted by Crippen LogP contribution is 2.47. The second-order valence-electron chi connectivity index (χ2n) is 6.23. The summed E-state index contributed by atoms with van der Waals surface area (Å²) >= 11 is 0. The van der Waals surface area contributed by atoms with Crippen LogP contribution in [-0.4, -0.2) is 15.5 Å². The summed E-state index contributed by atoms with van der Waals surface area (Å²) in [7, 11) is 0. The van der Waals surface area contributed by atoms with Gasteiger partial charge in [0.1, 0.15) is 0 Å². The lowest BCUT2D eigenvalue weighted by Crippen LogP contribution is -2.30. The lowest BCUT2D eigenvalue weighted by molar-refractivity contribution is -0.123. The average Bonchev–Trinajstić information content (AvgIpc) is 3.07. The predicted octanol–water partition coefficient (Wildman–Crippen LogP) is 2.74. The maximum atomic E-state index is 11.3. The van der Waals surface area contributed by atoms with Gasteiger partial charge in [-0.25, -0.2) is 4.98 Å². The highest BCUT2D eigenvalue weighted by Gasteiger charge is 2.36. The molecule has 4 rings (SSSR count). The van der Waals surface area contributed by atoms with Crippen LogP contribution in [0.2, 0.25) is 0 Å². The van der Waals surface area contributed by atoms with Crippen molar-refractivity contribution in [3.8, 4) is 11.3 Å². The van der Waals surface area contributed by atoms with E-state index in [0.717, 1.165) is 25.7 Å². The number of carbonyl (C=O) groups excluding carboxylic acids is 1. The highest BCUT2D eigenvalue weighted by atomic mass is 16.1. The first-order valence-corrected chi connectivity index (χ1v) is 7.66. The van der Waals surface area contributed by atoms with Gasteiger partial charge in [0.25, 0.3) is 0 Å². The summed E-state index contributed by atoms with van der Waals surface area (Å²) in [5, 5.41) is 0. The molecule has 0 radical (unpaired) electrons. The Kier molecular flexibility index (Phi) is 2.84. The van der Waals surface area contributed by atoms with E-state index in [4.69, 9.17) is 5.73 Å². The first-order valence-electron chi connectivity index (χ1n) is 7.66. The molecule has 0 spiro atoms. The molecule has 2 N–H and O–H groups in total. The summed E-state index contributed by atoms with van der Waals surface area (Å²) in [5.74, 6) is 0.501. The second kappa shape index (κ2) is 4.72. The lowest BCUT2D eigenvalue weighted by Gasteiger charge is -2.32. The van der Waals surface area contributed by atoms with Crippen molar-refractivity contribution >= 4 is 5.91 Å². The number of fused-ring (bicyclic) bond motifs is 3. The van der Waals surface area contributed by atoms with E-state index in [-0.39, 0.29) is 11.8 Å². The van der Waals surface area contributed by atoms with Gasteiger partial charge in [0.05, 0.1) is 24.3 Å². The number of hydrogen-bond donors (Lipinski definition) is 1. The molecule has 1 atom stereocenters. The molecule has 4 heteroatoms. The maximum Gasteiger partial charge on any atom is 0.220 e. The first-order chi connectivity index (χ1) is 10.3. The topological polar surface area (TPSA) is 60.9 Å². The molecule has 1 aromatic heterocycles. The van der Waals surface area contributed by atoms with Gasteiger partial charge < -0.3 is 10.3 Å². The number of nitrogens with zero attached hydrogens (tertiary/aromatic N) is 2. The van der Waals surface area contributed by atoms with Crippen molar-refractivity contribution in [2.45, 2.75) is 31.7 Å². The third kappa shape index (κ3) is 1.89. The van der Waals surface area contributed by atoms with E-state index in [1.165, 1.54) is 16.8 Å². The Morgan fingerprint density at radius 2 is 1.95 bits per heavy atom. The Hall–Kier alpha value is -2.10. The van der Waals surface area contributed by atoms with E-state index >= 15 is 0 Å². The van der Waals surface area contributed by atoms with Crippen LogP contribution in [0.5, 0.6) is 0 Å². The molecule has 1 saturated carbocycles. The third-order valence-electron chi connectivity index (χ3n) is 5.14. The zero-order chi connectivity index (χ0) is 14.4. The fourth-order valence-electron chi connectivity index (χ4n) is 4.07. The second-order valence-corrected chi connectivity index (χ2v) is 6.23. The Morgan fingerprint density at radius 1 is 1.19 bits per heavy atom. The standard InChI is InChI=1S/C17H19N3O/c18-17(21)12-7-5-11(6-8-12)16-14-4-2-1-3-13(14)15-9-19-10-20(15)16/h1-4,9-12,16H,5-8H2,(H2,18,21)/t11?,12?,16-/m1/s1. The van der Waals surface area contributed by atoms with E-state index in [2.05, 4.69) is 33.8 Å². The molecule has 2 heterocycles. The number of hydrogen-bond acceptors (Lipinski definition) is 2. The van der Waals surface area contributed by atoms with Crippen molar-refractivity contribution in [3.05, 3.63) is 42.4 Å². The molecule has 0 unspecified atom stereocenters. The minimum atomic E-state index is -0.136. The summed E-state index contributed by atoms with van der Waals surface area (Å²) in [5.41, 5.74) is 9.37. The summed E-state index contributed by atoms with van der Waals surface area (Å²) in [6.45, 7) is 0. The number of rotatable bonds is 2. The molecule has 21 heavy (non-hydrogen) atoms. The van der Waals surface area contributed by atoms with Gasteiger partial charge in [-0.1, -0.05) is 24.3 Å². The molecule has 1 aliphatic carbocycles. The molecular formula is C17H19N3O. The van der Waals surface area contributed by atoms with Crippen LogP contribution < -0.4 is 5.73 Å². The number of amides is 1. The third-order valence-corrected chi connectivity index (χ3v) is 5.14. The van der Waals surface area contributed by atoms with Gasteiger partial charge in [0.2, 0.25) is 5.91 Å².